The van der Waals surface area contributed by atoms with Crippen LogP contribution in [0.25, 0.3) is 6.08 Å². The number of anilines is 1. The zero-order valence-corrected chi connectivity index (χ0v) is 15.2. The predicted molar refractivity (Wildman–Crippen MR) is 93.9 cm³/mol. The molecule has 1 heterocycles. The van der Waals surface area contributed by atoms with Crippen LogP contribution >= 0.6 is 11.6 Å². The number of aromatic nitrogens is 1. The van der Waals surface area contributed by atoms with E-state index in [1.54, 1.807) is 12.3 Å². The minimum atomic E-state index is -0.508. The molecule has 6 nitrogen and oxygen atoms in total. The molecule has 0 saturated heterocycles. The van der Waals surface area contributed by atoms with E-state index in [9.17, 15) is 4.79 Å². The number of alkyl carbamates (subject to hydrolysis) is 1. The van der Waals surface area contributed by atoms with Gasteiger partial charge in [0.1, 0.15) is 17.6 Å². The van der Waals surface area contributed by atoms with Gasteiger partial charge in [0.15, 0.2) is 0 Å². The van der Waals surface area contributed by atoms with Crippen molar-refractivity contribution in [2.45, 2.75) is 39.5 Å². The molecule has 0 bridgehead atoms. The Balaban J connectivity index is 2.40. The maximum absolute atomic E-state index is 11.5. The van der Waals surface area contributed by atoms with Crippen LogP contribution in [0.15, 0.2) is 12.8 Å². The number of ether oxygens (including phenoxy) is 2. The van der Waals surface area contributed by atoms with E-state index >= 15 is 0 Å². The lowest BCUT2D eigenvalue weighted by Crippen LogP contribution is -2.37. The van der Waals surface area contributed by atoms with Gasteiger partial charge in [0.2, 0.25) is 0 Å². The van der Waals surface area contributed by atoms with Gasteiger partial charge in [-0.05, 0) is 27.7 Å². The average molecular weight is 344 g/mol. The Bertz CT molecular complexity index is 537. The maximum atomic E-state index is 11.5. The number of rotatable bonds is 7. The van der Waals surface area contributed by atoms with Gasteiger partial charge in [0, 0.05) is 25.4 Å². The van der Waals surface area contributed by atoms with Crippen LogP contribution in [0.5, 0.6) is 0 Å². The molecule has 7 heteroatoms. The molecule has 0 aliphatic carbocycles. The van der Waals surface area contributed by atoms with Gasteiger partial charge in [0.05, 0.1) is 11.6 Å². The molecule has 0 fully saturated rings. The van der Waals surface area contributed by atoms with Crippen molar-refractivity contribution < 1.29 is 14.3 Å². The fourth-order valence-corrected chi connectivity index (χ4v) is 2.10. The van der Waals surface area contributed by atoms with Crippen LogP contribution in [0.1, 0.15) is 33.3 Å². The second-order valence-electron chi connectivity index (χ2n) is 6.11. The Morgan fingerprint density at radius 2 is 2.22 bits per heavy atom. The third kappa shape index (κ3) is 6.15. The fraction of sp³-hybridized carbons (Fsp3) is 0.562. The van der Waals surface area contributed by atoms with Crippen molar-refractivity contribution in [3.05, 3.63) is 23.4 Å². The highest BCUT2D eigenvalue weighted by Gasteiger charge is 2.17. The molecule has 1 amide bonds. The first-order chi connectivity index (χ1) is 10.7. The maximum Gasteiger partial charge on any atom is 0.407 e. The Morgan fingerprint density at radius 3 is 2.78 bits per heavy atom. The molecule has 1 aromatic rings. The number of aromatic amines is 1. The zero-order chi connectivity index (χ0) is 17.6. The first-order valence-electron chi connectivity index (χ1n) is 7.46. The standard InChI is InChI=1S/C16H26ClN3O3/c1-7-12-13(17)10-19-14(12)20(6)11(2)22-9-8-18-15(21)23-16(3,4)5/h7,10-11,19H,1,8-9H2,2-6H3,(H,18,21). The zero-order valence-electron chi connectivity index (χ0n) is 14.4. The van der Waals surface area contributed by atoms with E-state index in [0.717, 1.165) is 11.4 Å². The molecule has 1 rings (SSSR count). The fourth-order valence-electron chi connectivity index (χ4n) is 1.88. The van der Waals surface area contributed by atoms with Crippen LogP contribution in [-0.2, 0) is 9.47 Å². The van der Waals surface area contributed by atoms with Crippen LogP contribution in [0, 0.1) is 0 Å². The molecule has 0 saturated carbocycles. The number of halogens is 1. The highest BCUT2D eigenvalue weighted by Crippen LogP contribution is 2.28. The number of hydrogen-bond acceptors (Lipinski definition) is 4. The number of carbonyl (C=O) groups excluding carboxylic acids is 1. The average Bonchev–Trinajstić information content (AvgIpc) is 2.81. The Kier molecular flexibility index (Phi) is 6.97. The number of nitrogens with zero attached hydrogens (tertiary/aromatic N) is 1. The van der Waals surface area contributed by atoms with E-state index < -0.39 is 11.7 Å². The summed E-state index contributed by atoms with van der Waals surface area (Å²) in [7, 11) is 1.89. The minimum Gasteiger partial charge on any atom is -0.444 e. The summed E-state index contributed by atoms with van der Waals surface area (Å²) in [5.74, 6) is 0.831. The summed E-state index contributed by atoms with van der Waals surface area (Å²) in [6.45, 7) is 11.9. The summed E-state index contributed by atoms with van der Waals surface area (Å²) in [6, 6.07) is 0. The summed E-state index contributed by atoms with van der Waals surface area (Å²) in [6.07, 6.45) is 2.75. The van der Waals surface area contributed by atoms with Gasteiger partial charge in [-0.3, -0.25) is 0 Å². The van der Waals surface area contributed by atoms with Gasteiger partial charge in [-0.15, -0.1) is 0 Å². The van der Waals surface area contributed by atoms with Crippen molar-refractivity contribution in [3.63, 3.8) is 0 Å². The van der Waals surface area contributed by atoms with Crippen molar-refractivity contribution >= 4 is 29.6 Å². The number of carbonyl (C=O) groups is 1. The van der Waals surface area contributed by atoms with Gasteiger partial charge in [0.25, 0.3) is 0 Å². The van der Waals surface area contributed by atoms with Crippen LogP contribution in [0.4, 0.5) is 10.6 Å². The van der Waals surface area contributed by atoms with Crippen LogP contribution in [0.3, 0.4) is 0 Å². The smallest absolute Gasteiger partial charge is 0.407 e. The van der Waals surface area contributed by atoms with Crippen molar-refractivity contribution in [2.24, 2.45) is 0 Å². The Hall–Kier alpha value is -1.66. The molecule has 1 unspecified atom stereocenters. The second kappa shape index (κ2) is 8.26. The predicted octanol–water partition coefficient (Wildman–Crippen LogP) is 3.63. The first-order valence-corrected chi connectivity index (χ1v) is 7.84. The van der Waals surface area contributed by atoms with Gasteiger partial charge >= 0.3 is 6.09 Å². The molecule has 0 aromatic carbocycles. The summed E-state index contributed by atoms with van der Waals surface area (Å²) >= 11 is 6.08. The topological polar surface area (TPSA) is 66.6 Å². The van der Waals surface area contributed by atoms with Crippen molar-refractivity contribution in [1.82, 2.24) is 10.3 Å². The molecule has 0 spiro atoms. The lowest BCUT2D eigenvalue weighted by Gasteiger charge is -2.26. The van der Waals surface area contributed by atoms with Crippen molar-refractivity contribution in [1.29, 1.82) is 0 Å². The second-order valence-corrected chi connectivity index (χ2v) is 6.52. The van der Waals surface area contributed by atoms with Crippen LogP contribution < -0.4 is 10.2 Å². The molecule has 130 valence electrons. The Labute approximate surface area is 142 Å². The van der Waals surface area contributed by atoms with Crippen molar-refractivity contribution in [3.8, 4) is 0 Å². The van der Waals surface area contributed by atoms with E-state index in [0.29, 0.717) is 18.2 Å². The summed E-state index contributed by atoms with van der Waals surface area (Å²) < 4.78 is 10.9. The largest absolute Gasteiger partial charge is 0.444 e. The molecular weight excluding hydrogens is 318 g/mol. The molecule has 0 radical (unpaired) electrons. The normalized spacial score (nSPS) is 12.6. The molecule has 1 atom stereocenters. The van der Waals surface area contributed by atoms with Gasteiger partial charge in [-0.2, -0.15) is 0 Å². The summed E-state index contributed by atoms with van der Waals surface area (Å²) in [4.78, 5) is 16.5. The lowest BCUT2D eigenvalue weighted by atomic mass is 10.2. The number of amides is 1. The minimum absolute atomic E-state index is 0.205. The van der Waals surface area contributed by atoms with Crippen LogP contribution in [-0.4, -0.2) is 43.1 Å². The lowest BCUT2D eigenvalue weighted by molar-refractivity contribution is 0.0435. The van der Waals surface area contributed by atoms with Crippen molar-refractivity contribution in [2.75, 3.05) is 25.1 Å². The third-order valence-corrected chi connectivity index (χ3v) is 3.39. The summed E-state index contributed by atoms with van der Waals surface area (Å²) in [5, 5.41) is 3.26. The molecule has 1 aromatic heterocycles. The molecular formula is C16H26ClN3O3. The number of hydrogen-bond donors (Lipinski definition) is 2. The highest BCUT2D eigenvalue weighted by atomic mass is 35.5. The monoisotopic (exact) mass is 343 g/mol. The van der Waals surface area contributed by atoms with Gasteiger partial charge in [-0.1, -0.05) is 24.3 Å². The third-order valence-electron chi connectivity index (χ3n) is 3.08. The van der Waals surface area contributed by atoms with Gasteiger partial charge < -0.3 is 24.7 Å². The SMILES string of the molecule is C=Cc1c(Cl)c[nH]c1N(C)C(C)OCCNC(=O)OC(C)(C)C. The van der Waals surface area contributed by atoms with E-state index in [-0.39, 0.29) is 6.23 Å². The van der Waals surface area contributed by atoms with Crippen LogP contribution in [0.2, 0.25) is 5.02 Å². The van der Waals surface area contributed by atoms with E-state index in [4.69, 9.17) is 21.1 Å². The quantitative estimate of drug-likeness (QED) is 0.586. The number of nitrogens with one attached hydrogen (secondary N) is 2. The first kappa shape index (κ1) is 19.4. The van der Waals surface area contributed by atoms with Gasteiger partial charge in [-0.25, -0.2) is 4.79 Å². The molecule has 23 heavy (non-hydrogen) atoms. The van der Waals surface area contributed by atoms with E-state index in [1.807, 2.05) is 39.6 Å². The molecule has 0 aliphatic heterocycles. The van der Waals surface area contributed by atoms with E-state index in [1.165, 1.54) is 0 Å². The Morgan fingerprint density at radius 1 is 1.57 bits per heavy atom. The van der Waals surface area contributed by atoms with E-state index in [2.05, 4.69) is 16.9 Å². The number of H-pyrrole nitrogens is 1. The highest BCUT2D eigenvalue weighted by molar-refractivity contribution is 6.32. The molecule has 0 aliphatic rings. The molecule has 2 N–H and O–H groups in total. The summed E-state index contributed by atoms with van der Waals surface area (Å²) in [5.41, 5.74) is 0.323.